The Labute approximate surface area is 171 Å². The summed E-state index contributed by atoms with van der Waals surface area (Å²) < 4.78 is 16.2. The van der Waals surface area contributed by atoms with Crippen LogP contribution in [0.2, 0.25) is 0 Å². The van der Waals surface area contributed by atoms with Crippen molar-refractivity contribution in [2.75, 3.05) is 52.3 Å². The number of hydrogen-bond acceptors (Lipinski definition) is 6. The molecule has 2 amide bonds. The van der Waals surface area contributed by atoms with Crippen LogP contribution in [0.1, 0.15) is 29.6 Å². The number of methoxy groups -OCH3 is 2. The summed E-state index contributed by atoms with van der Waals surface area (Å²) in [4.78, 5) is 27.5. The van der Waals surface area contributed by atoms with Crippen LogP contribution in [0.25, 0.3) is 0 Å². The van der Waals surface area contributed by atoms with Gasteiger partial charge in [0.25, 0.3) is 11.8 Å². The molecule has 1 unspecified atom stereocenters. The Kier molecular flexibility index (Phi) is 8.35. The van der Waals surface area contributed by atoms with Gasteiger partial charge in [-0.2, -0.15) is 0 Å². The molecule has 1 atom stereocenters. The zero-order valence-electron chi connectivity index (χ0n) is 16.3. The number of hydrogen-bond donors (Lipinski definition) is 2. The van der Waals surface area contributed by atoms with Gasteiger partial charge in [-0.1, -0.05) is 0 Å². The highest BCUT2D eigenvalue weighted by Gasteiger charge is 2.27. The van der Waals surface area contributed by atoms with E-state index in [1.54, 1.807) is 12.1 Å². The maximum absolute atomic E-state index is 13.1. The normalized spacial score (nSPS) is 19.4. The average molecular weight is 414 g/mol. The van der Waals surface area contributed by atoms with Crippen molar-refractivity contribution in [3.05, 3.63) is 17.7 Å². The van der Waals surface area contributed by atoms with Crippen molar-refractivity contribution in [2.24, 2.45) is 0 Å². The van der Waals surface area contributed by atoms with Crippen LogP contribution < -0.4 is 20.1 Å². The number of piperidine rings is 1. The summed E-state index contributed by atoms with van der Waals surface area (Å²) in [5, 5.41) is 5.96. The van der Waals surface area contributed by atoms with E-state index in [0.717, 1.165) is 38.9 Å². The van der Waals surface area contributed by atoms with Crippen LogP contribution in [0, 0.1) is 0 Å². The minimum absolute atomic E-state index is 0. The van der Waals surface area contributed by atoms with Gasteiger partial charge in [0.1, 0.15) is 6.10 Å². The second-order valence-electron chi connectivity index (χ2n) is 6.66. The monoisotopic (exact) mass is 413 g/mol. The summed E-state index contributed by atoms with van der Waals surface area (Å²) in [5.41, 5.74) is 0.800. The number of rotatable bonds is 5. The second-order valence-corrected chi connectivity index (χ2v) is 6.66. The molecule has 0 aliphatic carbocycles. The van der Waals surface area contributed by atoms with E-state index in [1.165, 1.54) is 14.2 Å². The highest BCUT2D eigenvalue weighted by molar-refractivity contribution is 6.05. The van der Waals surface area contributed by atoms with Crippen LogP contribution in [0.15, 0.2) is 12.1 Å². The third-order valence-corrected chi connectivity index (χ3v) is 4.88. The Morgan fingerprint density at radius 1 is 1.14 bits per heavy atom. The number of anilines is 1. The van der Waals surface area contributed by atoms with Crippen molar-refractivity contribution in [3.8, 4) is 11.5 Å². The summed E-state index contributed by atoms with van der Waals surface area (Å²) in [6.07, 6.45) is 2.51. The molecule has 0 radical (unpaired) electrons. The predicted octanol–water partition coefficient (Wildman–Crippen LogP) is 1.68. The molecular weight excluding hydrogens is 386 g/mol. The zero-order valence-corrected chi connectivity index (χ0v) is 17.1. The Hall–Kier alpha value is -2.03. The number of nitrogens with one attached hydrogen (secondary N) is 2. The van der Waals surface area contributed by atoms with Gasteiger partial charge in [0.2, 0.25) is 0 Å². The molecule has 156 valence electrons. The van der Waals surface area contributed by atoms with Crippen LogP contribution >= 0.6 is 12.4 Å². The van der Waals surface area contributed by atoms with Crippen molar-refractivity contribution in [3.63, 3.8) is 0 Å². The van der Waals surface area contributed by atoms with Gasteiger partial charge >= 0.3 is 0 Å². The number of halogens is 1. The minimum Gasteiger partial charge on any atom is -0.493 e. The molecule has 2 saturated heterocycles. The number of carbonyl (C=O) groups excluding carboxylic acids is 2. The smallest absolute Gasteiger partial charge is 0.256 e. The molecule has 2 N–H and O–H groups in total. The van der Waals surface area contributed by atoms with Gasteiger partial charge in [-0.25, -0.2) is 0 Å². The first kappa shape index (κ1) is 22.3. The first-order chi connectivity index (χ1) is 13.1. The van der Waals surface area contributed by atoms with Crippen molar-refractivity contribution in [1.29, 1.82) is 0 Å². The van der Waals surface area contributed by atoms with E-state index < -0.39 is 6.10 Å². The second kappa shape index (κ2) is 10.5. The third-order valence-electron chi connectivity index (χ3n) is 4.88. The van der Waals surface area contributed by atoms with E-state index in [-0.39, 0.29) is 24.2 Å². The molecule has 9 heteroatoms. The Balaban J connectivity index is 0.00000280. The number of carbonyl (C=O) groups is 2. The molecule has 28 heavy (non-hydrogen) atoms. The number of ether oxygens (including phenoxy) is 3. The maximum Gasteiger partial charge on any atom is 0.256 e. The number of nitrogens with zero attached hydrogens (tertiary/aromatic N) is 1. The van der Waals surface area contributed by atoms with Crippen LogP contribution in [0.5, 0.6) is 11.5 Å². The quantitative estimate of drug-likeness (QED) is 0.763. The molecular formula is C19H28ClN3O5. The lowest BCUT2D eigenvalue weighted by Gasteiger charge is -2.28. The summed E-state index contributed by atoms with van der Waals surface area (Å²) in [6.45, 7) is 3.07. The number of amides is 2. The molecule has 1 aromatic carbocycles. The SMILES string of the molecule is COc1cc(NC(=O)C2CNCCO2)c(C(=O)N2CCCCC2)cc1OC.Cl. The fourth-order valence-electron chi connectivity index (χ4n) is 3.37. The summed E-state index contributed by atoms with van der Waals surface area (Å²) >= 11 is 0. The van der Waals surface area contributed by atoms with Gasteiger partial charge in [-0.15, -0.1) is 12.4 Å². The van der Waals surface area contributed by atoms with E-state index in [1.807, 2.05) is 4.90 Å². The Morgan fingerprint density at radius 3 is 2.43 bits per heavy atom. The van der Waals surface area contributed by atoms with Gasteiger partial charge in [0.15, 0.2) is 11.5 Å². The van der Waals surface area contributed by atoms with Crippen LogP contribution in [0.3, 0.4) is 0 Å². The van der Waals surface area contributed by atoms with Gasteiger partial charge in [-0.05, 0) is 25.3 Å². The molecule has 2 aliphatic rings. The molecule has 2 heterocycles. The lowest BCUT2D eigenvalue weighted by atomic mass is 10.1. The van der Waals surface area contributed by atoms with E-state index in [2.05, 4.69) is 10.6 Å². The first-order valence-corrected chi connectivity index (χ1v) is 9.32. The van der Waals surface area contributed by atoms with Crippen LogP contribution in [0.4, 0.5) is 5.69 Å². The van der Waals surface area contributed by atoms with E-state index in [0.29, 0.717) is 35.9 Å². The standard InChI is InChI=1S/C19H27N3O5.ClH/c1-25-15-10-13(19(24)22-7-4-3-5-8-22)14(11-16(15)26-2)21-18(23)17-12-20-6-9-27-17;/h10-11,17,20H,3-9,12H2,1-2H3,(H,21,23);1H. The number of likely N-dealkylation sites (tertiary alicyclic amines) is 1. The molecule has 2 fully saturated rings. The van der Waals surface area contributed by atoms with Gasteiger partial charge in [0.05, 0.1) is 32.1 Å². The van der Waals surface area contributed by atoms with Gasteiger partial charge in [0, 0.05) is 32.2 Å². The lowest BCUT2D eigenvalue weighted by molar-refractivity contribution is -0.128. The van der Waals surface area contributed by atoms with Crippen molar-refractivity contribution in [1.82, 2.24) is 10.2 Å². The predicted molar refractivity (Wildman–Crippen MR) is 108 cm³/mol. The minimum atomic E-state index is -0.593. The Bertz CT molecular complexity index is 688. The molecule has 8 nitrogen and oxygen atoms in total. The van der Waals surface area contributed by atoms with E-state index in [4.69, 9.17) is 14.2 Å². The molecule has 0 aromatic heterocycles. The highest BCUT2D eigenvalue weighted by Crippen LogP contribution is 2.34. The average Bonchev–Trinajstić information content (AvgIpc) is 2.74. The van der Waals surface area contributed by atoms with E-state index in [9.17, 15) is 9.59 Å². The van der Waals surface area contributed by atoms with E-state index >= 15 is 0 Å². The topological polar surface area (TPSA) is 89.1 Å². The molecule has 0 spiro atoms. The summed E-state index contributed by atoms with van der Waals surface area (Å²) in [5.74, 6) is 0.493. The Morgan fingerprint density at radius 2 is 1.82 bits per heavy atom. The summed E-state index contributed by atoms with van der Waals surface area (Å²) in [6, 6.07) is 3.26. The molecule has 0 saturated carbocycles. The van der Waals surface area contributed by atoms with Crippen LogP contribution in [-0.2, 0) is 9.53 Å². The molecule has 0 bridgehead atoms. The lowest BCUT2D eigenvalue weighted by Crippen LogP contribution is -2.45. The fraction of sp³-hybridized carbons (Fsp3) is 0.579. The highest BCUT2D eigenvalue weighted by atomic mass is 35.5. The first-order valence-electron chi connectivity index (χ1n) is 9.32. The maximum atomic E-state index is 13.1. The molecule has 2 aliphatic heterocycles. The summed E-state index contributed by atoms with van der Waals surface area (Å²) in [7, 11) is 3.04. The molecule has 1 aromatic rings. The van der Waals surface area contributed by atoms with Gasteiger partial charge < -0.3 is 29.7 Å². The number of benzene rings is 1. The third kappa shape index (κ3) is 5.06. The van der Waals surface area contributed by atoms with Crippen LogP contribution in [-0.4, -0.2) is 69.8 Å². The van der Waals surface area contributed by atoms with Gasteiger partial charge in [-0.3, -0.25) is 9.59 Å². The zero-order chi connectivity index (χ0) is 19.2. The largest absolute Gasteiger partial charge is 0.493 e. The van der Waals surface area contributed by atoms with Crippen molar-refractivity contribution >= 4 is 29.9 Å². The van der Waals surface area contributed by atoms with Crippen molar-refractivity contribution < 1.29 is 23.8 Å². The van der Waals surface area contributed by atoms with Crippen molar-refractivity contribution in [2.45, 2.75) is 25.4 Å². The molecule has 3 rings (SSSR count). The fourth-order valence-corrected chi connectivity index (χ4v) is 3.37. The number of morpholine rings is 1.